The van der Waals surface area contributed by atoms with Gasteiger partial charge in [0.15, 0.2) is 0 Å². The number of carbonyl (C=O) groups excluding carboxylic acids is 3. The number of rotatable bonds is 6. The van der Waals surface area contributed by atoms with Crippen LogP contribution >= 0.6 is 11.9 Å². The second kappa shape index (κ2) is 11.3. The molecule has 0 aromatic heterocycles. The van der Waals surface area contributed by atoms with Gasteiger partial charge in [0.05, 0.1) is 5.69 Å². The number of carbonyl (C=O) groups is 3. The van der Waals surface area contributed by atoms with Crippen molar-refractivity contribution in [2.45, 2.75) is 82.0 Å². The van der Waals surface area contributed by atoms with Gasteiger partial charge in [-0.05, 0) is 81.2 Å². The van der Waals surface area contributed by atoms with E-state index < -0.39 is 11.9 Å². The molecule has 224 valence electrons. The zero-order valence-electron chi connectivity index (χ0n) is 25.1. The van der Waals surface area contributed by atoms with Gasteiger partial charge in [-0.2, -0.15) is 0 Å². The standard InChI is InChI=1S/C35H40N4O3S/c1-35(2)17-3-4-18-38(35)43-22-23-7-5-8-25(21-23)24-15-19-37(20-16-24)28-11-12-29-32-26(28)9-6-10-27(32)34(42)39(29)30-13-14-31(40)36-33(30)41/h5-12,21,24,30H,3-4,13-20,22H2,1-2H3,(H,36,40,41). The van der Waals surface area contributed by atoms with Crippen molar-refractivity contribution < 1.29 is 14.4 Å². The lowest BCUT2D eigenvalue weighted by atomic mass is 9.88. The summed E-state index contributed by atoms with van der Waals surface area (Å²) in [6.45, 7) is 7.83. The number of imide groups is 1. The number of hydrogen-bond donors (Lipinski definition) is 1. The third kappa shape index (κ3) is 5.22. The Bertz CT molecular complexity index is 1600. The lowest BCUT2D eigenvalue weighted by Crippen LogP contribution is -2.53. The number of piperidine rings is 3. The zero-order chi connectivity index (χ0) is 29.7. The van der Waals surface area contributed by atoms with Gasteiger partial charge in [0, 0.05) is 59.4 Å². The third-order valence-corrected chi connectivity index (χ3v) is 11.4. The van der Waals surface area contributed by atoms with E-state index in [1.165, 1.54) is 36.9 Å². The van der Waals surface area contributed by atoms with Crippen LogP contribution in [0.15, 0.2) is 54.6 Å². The van der Waals surface area contributed by atoms with E-state index in [-0.39, 0.29) is 23.8 Å². The number of hydrogen-bond acceptors (Lipinski definition) is 6. The molecule has 4 heterocycles. The van der Waals surface area contributed by atoms with Crippen LogP contribution < -0.4 is 15.1 Å². The Balaban J connectivity index is 1.06. The third-order valence-electron chi connectivity index (χ3n) is 9.95. The lowest BCUT2D eigenvalue weighted by Gasteiger charge is -2.41. The molecule has 3 aromatic carbocycles. The molecule has 0 bridgehead atoms. The van der Waals surface area contributed by atoms with Crippen molar-refractivity contribution in [1.29, 1.82) is 0 Å². The number of anilines is 2. The highest BCUT2D eigenvalue weighted by atomic mass is 32.2. The van der Waals surface area contributed by atoms with Crippen LogP contribution in [0.5, 0.6) is 0 Å². The van der Waals surface area contributed by atoms with E-state index in [0.29, 0.717) is 17.9 Å². The molecule has 43 heavy (non-hydrogen) atoms. The smallest absolute Gasteiger partial charge is 0.259 e. The van der Waals surface area contributed by atoms with E-state index >= 15 is 0 Å². The van der Waals surface area contributed by atoms with Crippen LogP contribution in [-0.2, 0) is 15.3 Å². The molecule has 0 saturated carbocycles. The largest absolute Gasteiger partial charge is 0.371 e. The summed E-state index contributed by atoms with van der Waals surface area (Å²) < 4.78 is 2.59. The van der Waals surface area contributed by atoms with Crippen LogP contribution in [0.25, 0.3) is 10.8 Å². The van der Waals surface area contributed by atoms with Crippen molar-refractivity contribution in [3.63, 3.8) is 0 Å². The van der Waals surface area contributed by atoms with Crippen LogP contribution in [0.3, 0.4) is 0 Å². The Morgan fingerprint density at radius 3 is 2.49 bits per heavy atom. The molecule has 3 amide bonds. The first-order chi connectivity index (χ1) is 20.8. The van der Waals surface area contributed by atoms with Gasteiger partial charge in [0.25, 0.3) is 5.91 Å². The molecule has 4 aliphatic rings. The fraction of sp³-hybridized carbons (Fsp3) is 0.457. The van der Waals surface area contributed by atoms with E-state index in [4.69, 9.17) is 0 Å². The molecule has 1 unspecified atom stereocenters. The van der Waals surface area contributed by atoms with Crippen LogP contribution in [0.1, 0.15) is 86.2 Å². The molecule has 7 rings (SSSR count). The fourth-order valence-corrected chi connectivity index (χ4v) is 8.71. The Morgan fingerprint density at radius 1 is 0.907 bits per heavy atom. The molecule has 1 atom stereocenters. The summed E-state index contributed by atoms with van der Waals surface area (Å²) in [5.74, 6) is 0.726. The number of amides is 3. The molecule has 0 aliphatic carbocycles. The predicted octanol–water partition coefficient (Wildman–Crippen LogP) is 6.40. The topological polar surface area (TPSA) is 73.0 Å². The molecule has 0 spiro atoms. The molecule has 3 saturated heterocycles. The van der Waals surface area contributed by atoms with E-state index in [1.54, 1.807) is 4.90 Å². The van der Waals surface area contributed by atoms with Gasteiger partial charge >= 0.3 is 0 Å². The van der Waals surface area contributed by atoms with E-state index in [0.717, 1.165) is 53.8 Å². The SMILES string of the molecule is CC1(C)CCCCN1SCc1cccc(C2CCN(c3ccc4c5c(cccc35)C(=O)N4C3CCC(=O)NC3=O)CC2)c1. The number of nitrogens with zero attached hydrogens (tertiary/aromatic N) is 3. The quantitative estimate of drug-likeness (QED) is 0.262. The van der Waals surface area contributed by atoms with E-state index in [2.05, 4.69) is 64.8 Å². The average molecular weight is 597 g/mol. The van der Waals surface area contributed by atoms with Crippen molar-refractivity contribution in [2.75, 3.05) is 29.4 Å². The minimum absolute atomic E-state index is 0.159. The van der Waals surface area contributed by atoms with Crippen molar-refractivity contribution >= 4 is 51.8 Å². The highest BCUT2D eigenvalue weighted by Crippen LogP contribution is 2.44. The van der Waals surface area contributed by atoms with Gasteiger partial charge in [0.1, 0.15) is 6.04 Å². The molecule has 3 aromatic rings. The maximum Gasteiger partial charge on any atom is 0.259 e. The summed E-state index contributed by atoms with van der Waals surface area (Å²) in [5.41, 5.74) is 5.67. The second-order valence-electron chi connectivity index (χ2n) is 13.1. The highest BCUT2D eigenvalue weighted by molar-refractivity contribution is 7.96. The molecule has 7 nitrogen and oxygen atoms in total. The first-order valence-electron chi connectivity index (χ1n) is 15.8. The average Bonchev–Trinajstić information content (AvgIpc) is 3.29. The Hall–Kier alpha value is -3.36. The van der Waals surface area contributed by atoms with Crippen molar-refractivity contribution in [1.82, 2.24) is 9.62 Å². The van der Waals surface area contributed by atoms with Gasteiger partial charge in [0.2, 0.25) is 11.8 Å². The van der Waals surface area contributed by atoms with Crippen LogP contribution in [0.4, 0.5) is 11.4 Å². The molecule has 1 N–H and O–H groups in total. The summed E-state index contributed by atoms with van der Waals surface area (Å²) in [6.07, 6.45) is 6.65. The first kappa shape index (κ1) is 28.4. The molecular formula is C35H40N4O3S. The van der Waals surface area contributed by atoms with Crippen LogP contribution in [0.2, 0.25) is 0 Å². The van der Waals surface area contributed by atoms with Gasteiger partial charge in [-0.3, -0.25) is 24.6 Å². The summed E-state index contributed by atoms with van der Waals surface area (Å²) in [6, 6.07) is 18.6. The maximum atomic E-state index is 13.5. The van der Waals surface area contributed by atoms with E-state index in [9.17, 15) is 14.4 Å². The minimum Gasteiger partial charge on any atom is -0.371 e. The summed E-state index contributed by atoms with van der Waals surface area (Å²) in [4.78, 5) is 42.0. The monoisotopic (exact) mass is 596 g/mol. The van der Waals surface area contributed by atoms with Crippen molar-refractivity contribution in [2.24, 2.45) is 0 Å². The Kier molecular flexibility index (Phi) is 7.46. The molecule has 4 aliphatic heterocycles. The van der Waals surface area contributed by atoms with Crippen LogP contribution in [0, 0.1) is 0 Å². The minimum atomic E-state index is -0.664. The fourth-order valence-electron chi connectivity index (χ4n) is 7.53. The van der Waals surface area contributed by atoms with Gasteiger partial charge in [-0.25, -0.2) is 4.31 Å². The summed E-state index contributed by atoms with van der Waals surface area (Å²) in [7, 11) is 0. The van der Waals surface area contributed by atoms with Gasteiger partial charge in [-0.15, -0.1) is 0 Å². The van der Waals surface area contributed by atoms with Gasteiger partial charge in [-0.1, -0.05) is 54.8 Å². The Labute approximate surface area is 258 Å². The molecule has 0 radical (unpaired) electrons. The number of benzene rings is 3. The maximum absolute atomic E-state index is 13.5. The first-order valence-corrected chi connectivity index (χ1v) is 16.7. The Morgan fingerprint density at radius 2 is 1.70 bits per heavy atom. The molecule has 3 fully saturated rings. The predicted molar refractivity (Wildman–Crippen MR) is 173 cm³/mol. The highest BCUT2D eigenvalue weighted by Gasteiger charge is 2.41. The normalized spacial score (nSPS) is 22.8. The van der Waals surface area contributed by atoms with Crippen molar-refractivity contribution in [3.05, 3.63) is 71.3 Å². The summed E-state index contributed by atoms with van der Waals surface area (Å²) >= 11 is 1.99. The van der Waals surface area contributed by atoms with Crippen LogP contribution in [-0.4, -0.2) is 53.2 Å². The van der Waals surface area contributed by atoms with Crippen molar-refractivity contribution in [3.8, 4) is 0 Å². The molecular weight excluding hydrogens is 556 g/mol. The lowest BCUT2D eigenvalue weighted by molar-refractivity contribution is -0.134. The zero-order valence-corrected chi connectivity index (χ0v) is 25.9. The summed E-state index contributed by atoms with van der Waals surface area (Å²) in [5, 5.41) is 4.38. The second-order valence-corrected chi connectivity index (χ2v) is 14.1. The van der Waals surface area contributed by atoms with E-state index in [1.807, 2.05) is 30.1 Å². The molecule has 8 heteroatoms. The van der Waals surface area contributed by atoms with Gasteiger partial charge < -0.3 is 4.90 Å². The number of nitrogens with one attached hydrogen (secondary N) is 1.